The second-order valence-electron chi connectivity index (χ2n) is 8.31. The van der Waals surface area contributed by atoms with Crippen molar-refractivity contribution in [1.82, 2.24) is 9.42 Å². The second kappa shape index (κ2) is 8.08. The predicted molar refractivity (Wildman–Crippen MR) is 126 cm³/mol. The van der Waals surface area contributed by atoms with Crippen molar-refractivity contribution in [1.29, 1.82) is 0 Å². The van der Waals surface area contributed by atoms with Crippen LogP contribution in [0.4, 0.5) is 0 Å². The lowest BCUT2D eigenvalue weighted by atomic mass is 9.80. The molecule has 2 heterocycles. The standard InChI is InChI=1S/C26H24N2O4S/c1-18-7-13-22(14-8-18)33(30,31)28-25(29)17-24(20-9-11-21(32-2)12-10-20)26-23-6-4-3-5-19(23)15-16-27(26)28/h3-16,24,26H,17H2,1-2H3/t24-,26?/m1/s1. The third-order valence-electron chi connectivity index (χ3n) is 6.30. The molecule has 7 heteroatoms. The molecule has 3 aromatic carbocycles. The van der Waals surface area contributed by atoms with Crippen molar-refractivity contribution in [2.45, 2.75) is 30.2 Å². The molecule has 2 atom stereocenters. The van der Waals surface area contributed by atoms with E-state index in [2.05, 4.69) is 0 Å². The van der Waals surface area contributed by atoms with E-state index in [0.717, 1.165) is 32.4 Å². The van der Waals surface area contributed by atoms with Crippen molar-refractivity contribution in [3.63, 3.8) is 0 Å². The normalized spacial score (nSPS) is 19.8. The highest BCUT2D eigenvalue weighted by atomic mass is 32.2. The van der Waals surface area contributed by atoms with Crippen molar-refractivity contribution in [2.24, 2.45) is 0 Å². The van der Waals surface area contributed by atoms with Gasteiger partial charge in [0, 0.05) is 18.5 Å². The maximum Gasteiger partial charge on any atom is 0.284 e. The minimum Gasteiger partial charge on any atom is -0.497 e. The summed E-state index contributed by atoms with van der Waals surface area (Å²) in [4.78, 5) is 13.5. The summed E-state index contributed by atoms with van der Waals surface area (Å²) < 4.78 is 33.5. The second-order valence-corrected chi connectivity index (χ2v) is 10.1. The quantitative estimate of drug-likeness (QED) is 0.567. The van der Waals surface area contributed by atoms with Crippen LogP contribution in [0, 0.1) is 6.92 Å². The Bertz CT molecular complexity index is 1330. The maximum absolute atomic E-state index is 13.6. The number of carbonyl (C=O) groups is 1. The van der Waals surface area contributed by atoms with Gasteiger partial charge in [-0.3, -0.25) is 9.80 Å². The summed E-state index contributed by atoms with van der Waals surface area (Å²) in [5, 5.41) is 1.58. The van der Waals surface area contributed by atoms with Gasteiger partial charge in [-0.2, -0.15) is 8.42 Å². The van der Waals surface area contributed by atoms with Gasteiger partial charge in [-0.1, -0.05) is 54.1 Å². The Morgan fingerprint density at radius 1 is 0.939 bits per heavy atom. The molecule has 0 saturated carbocycles. The third-order valence-corrected chi connectivity index (χ3v) is 8.01. The number of amides is 1. The summed E-state index contributed by atoms with van der Waals surface area (Å²) in [6.45, 7) is 1.89. The third kappa shape index (κ3) is 3.58. The molecule has 33 heavy (non-hydrogen) atoms. The van der Waals surface area contributed by atoms with Crippen LogP contribution in [0.1, 0.15) is 40.6 Å². The van der Waals surface area contributed by atoms with Gasteiger partial charge in [0.2, 0.25) is 0 Å². The van der Waals surface area contributed by atoms with E-state index in [0.29, 0.717) is 0 Å². The van der Waals surface area contributed by atoms with E-state index in [1.54, 1.807) is 42.6 Å². The minimum absolute atomic E-state index is 0.0702. The van der Waals surface area contributed by atoms with Crippen LogP contribution in [0.3, 0.4) is 0 Å². The van der Waals surface area contributed by atoms with Crippen LogP contribution in [-0.2, 0) is 14.8 Å². The fourth-order valence-corrected chi connectivity index (χ4v) is 6.05. The molecule has 168 valence electrons. The van der Waals surface area contributed by atoms with E-state index >= 15 is 0 Å². The molecule has 1 saturated heterocycles. The highest BCUT2D eigenvalue weighted by Gasteiger charge is 2.47. The highest BCUT2D eigenvalue weighted by Crippen LogP contribution is 2.48. The zero-order valence-electron chi connectivity index (χ0n) is 18.4. The zero-order chi connectivity index (χ0) is 23.2. The molecule has 0 N–H and O–H groups in total. The molecule has 3 aromatic rings. The van der Waals surface area contributed by atoms with Crippen LogP contribution in [0.2, 0.25) is 0 Å². The van der Waals surface area contributed by atoms with Crippen LogP contribution in [0.5, 0.6) is 5.75 Å². The molecule has 5 rings (SSSR count). The number of benzene rings is 3. The first-order chi connectivity index (χ1) is 15.9. The van der Waals surface area contributed by atoms with Crippen molar-refractivity contribution < 1.29 is 17.9 Å². The predicted octanol–water partition coefficient (Wildman–Crippen LogP) is 4.65. The number of ether oxygens (including phenoxy) is 1. The van der Waals surface area contributed by atoms with E-state index in [-0.39, 0.29) is 23.3 Å². The number of carbonyl (C=O) groups excluding carboxylic acids is 1. The van der Waals surface area contributed by atoms with Gasteiger partial charge in [0.15, 0.2) is 0 Å². The Balaban J connectivity index is 1.63. The number of nitrogens with zero attached hydrogens (tertiary/aromatic N) is 2. The van der Waals surface area contributed by atoms with E-state index in [9.17, 15) is 13.2 Å². The average Bonchev–Trinajstić information content (AvgIpc) is 2.83. The molecule has 0 radical (unpaired) electrons. The number of rotatable bonds is 4. The number of fused-ring (bicyclic) bond motifs is 3. The Kier molecular flexibility index (Phi) is 5.21. The van der Waals surface area contributed by atoms with Crippen LogP contribution in [0.15, 0.2) is 83.9 Å². The van der Waals surface area contributed by atoms with E-state index < -0.39 is 15.9 Å². The number of hydrazine groups is 1. The number of methoxy groups -OCH3 is 1. The number of aryl methyl sites for hydroxylation is 1. The van der Waals surface area contributed by atoms with Gasteiger partial charge < -0.3 is 4.74 Å². The lowest BCUT2D eigenvalue weighted by molar-refractivity contribution is -0.144. The van der Waals surface area contributed by atoms with Crippen LogP contribution >= 0.6 is 0 Å². The summed E-state index contributed by atoms with van der Waals surface area (Å²) >= 11 is 0. The van der Waals surface area contributed by atoms with Gasteiger partial charge in [0.1, 0.15) is 5.75 Å². The van der Waals surface area contributed by atoms with Gasteiger partial charge in [0.05, 0.1) is 18.0 Å². The topological polar surface area (TPSA) is 66.9 Å². The van der Waals surface area contributed by atoms with E-state index in [1.165, 1.54) is 0 Å². The summed E-state index contributed by atoms with van der Waals surface area (Å²) in [6, 6.07) is 21.7. The molecule has 2 aliphatic rings. The minimum atomic E-state index is -4.08. The number of hydrogen-bond acceptors (Lipinski definition) is 5. The Morgan fingerprint density at radius 3 is 2.33 bits per heavy atom. The van der Waals surface area contributed by atoms with Crippen molar-refractivity contribution >= 4 is 22.0 Å². The highest BCUT2D eigenvalue weighted by molar-refractivity contribution is 7.89. The summed E-state index contributed by atoms with van der Waals surface area (Å²) in [5.74, 6) is 0.0425. The van der Waals surface area contributed by atoms with Gasteiger partial charge in [-0.05, 0) is 54.0 Å². The fraction of sp³-hybridized carbons (Fsp3) is 0.192. The first-order valence-electron chi connectivity index (χ1n) is 10.7. The molecular formula is C26H24N2O4S. The Morgan fingerprint density at radius 2 is 1.64 bits per heavy atom. The molecular weight excluding hydrogens is 436 g/mol. The molecule has 6 nitrogen and oxygen atoms in total. The zero-order valence-corrected chi connectivity index (χ0v) is 19.2. The van der Waals surface area contributed by atoms with Gasteiger partial charge in [0.25, 0.3) is 15.9 Å². The lowest BCUT2D eigenvalue weighted by Gasteiger charge is -2.48. The molecule has 0 bridgehead atoms. The molecule has 2 aliphatic heterocycles. The summed E-state index contributed by atoms with van der Waals surface area (Å²) in [5.41, 5.74) is 3.90. The molecule has 0 aliphatic carbocycles. The number of sulfonamides is 1. The molecule has 1 amide bonds. The van der Waals surface area contributed by atoms with Crippen molar-refractivity contribution in [3.05, 3.63) is 101 Å². The number of hydrogen-bond donors (Lipinski definition) is 0. The van der Waals surface area contributed by atoms with Crippen LogP contribution < -0.4 is 4.74 Å². The first kappa shape index (κ1) is 21.3. The van der Waals surface area contributed by atoms with Gasteiger partial charge in [-0.15, -0.1) is 4.41 Å². The summed E-state index contributed by atoms with van der Waals surface area (Å²) in [7, 11) is -2.47. The van der Waals surface area contributed by atoms with Crippen molar-refractivity contribution in [2.75, 3.05) is 7.11 Å². The van der Waals surface area contributed by atoms with E-state index in [4.69, 9.17) is 4.74 Å². The van der Waals surface area contributed by atoms with Gasteiger partial charge >= 0.3 is 0 Å². The Labute approximate surface area is 193 Å². The molecule has 1 unspecified atom stereocenters. The lowest BCUT2D eigenvalue weighted by Crippen LogP contribution is -2.55. The van der Waals surface area contributed by atoms with Crippen molar-refractivity contribution in [3.8, 4) is 5.75 Å². The van der Waals surface area contributed by atoms with Crippen LogP contribution in [-0.4, -0.2) is 30.9 Å². The Hall–Kier alpha value is -3.58. The van der Waals surface area contributed by atoms with Crippen LogP contribution in [0.25, 0.3) is 6.08 Å². The maximum atomic E-state index is 13.6. The van der Waals surface area contributed by atoms with Gasteiger partial charge in [-0.25, -0.2) is 0 Å². The molecule has 0 spiro atoms. The molecule has 1 fully saturated rings. The first-order valence-corrected chi connectivity index (χ1v) is 12.2. The van der Waals surface area contributed by atoms with E-state index in [1.807, 2.05) is 61.5 Å². The fourth-order valence-electron chi connectivity index (χ4n) is 4.62. The summed E-state index contributed by atoms with van der Waals surface area (Å²) in [6.07, 6.45) is 3.63. The molecule has 0 aromatic heterocycles. The largest absolute Gasteiger partial charge is 0.497 e. The monoisotopic (exact) mass is 460 g/mol. The SMILES string of the molecule is COc1ccc([C@H]2CC(=O)N(S(=O)(=O)c3ccc(C)cc3)N3C=Cc4ccccc4C23)cc1. The average molecular weight is 461 g/mol. The smallest absolute Gasteiger partial charge is 0.284 e.